The molecule has 2 amide bonds. The summed E-state index contributed by atoms with van der Waals surface area (Å²) >= 11 is 11.5. The highest BCUT2D eigenvalue weighted by Crippen LogP contribution is 2.18. The number of carbonyl (C=O) groups is 2. The van der Waals surface area contributed by atoms with Crippen LogP contribution in [0.3, 0.4) is 0 Å². The molecule has 7 heteroatoms. The van der Waals surface area contributed by atoms with E-state index in [1.165, 1.54) is 12.1 Å². The second kappa shape index (κ2) is 5.54. The Bertz CT molecular complexity index is 489. The number of nitrogens with one attached hydrogen (secondary N) is 2. The maximum Gasteiger partial charge on any atom is 0.271 e. The monoisotopic (exact) mass is 287 g/mol. The van der Waals surface area contributed by atoms with Gasteiger partial charge in [0.15, 0.2) is 0 Å². The largest absolute Gasteiger partial charge is 0.352 e. The highest BCUT2D eigenvalue weighted by Gasteiger charge is 2.23. The molecule has 1 fully saturated rings. The molecule has 1 aliphatic carbocycles. The second-order valence-electron chi connectivity index (χ2n) is 3.99. The fourth-order valence-corrected chi connectivity index (χ4v) is 1.67. The second-order valence-corrected chi connectivity index (χ2v) is 4.78. The van der Waals surface area contributed by atoms with Gasteiger partial charge in [0.25, 0.3) is 5.91 Å². The number of rotatable bonds is 4. The van der Waals surface area contributed by atoms with Crippen LogP contribution in [0.4, 0.5) is 0 Å². The molecule has 0 bridgehead atoms. The lowest BCUT2D eigenvalue weighted by Gasteiger charge is -2.06. The van der Waals surface area contributed by atoms with Crippen molar-refractivity contribution in [2.45, 2.75) is 18.9 Å². The van der Waals surface area contributed by atoms with Gasteiger partial charge in [-0.15, -0.1) is 0 Å². The summed E-state index contributed by atoms with van der Waals surface area (Å²) in [6, 6.07) is 3.23. The third-order valence-corrected chi connectivity index (χ3v) is 2.89. The first-order chi connectivity index (χ1) is 8.56. The van der Waals surface area contributed by atoms with Crippen LogP contribution < -0.4 is 10.6 Å². The molecule has 2 N–H and O–H groups in total. The van der Waals surface area contributed by atoms with Crippen molar-refractivity contribution in [1.82, 2.24) is 15.6 Å². The van der Waals surface area contributed by atoms with Crippen molar-refractivity contribution >= 4 is 35.0 Å². The first-order valence-electron chi connectivity index (χ1n) is 5.46. The van der Waals surface area contributed by atoms with Gasteiger partial charge in [-0.3, -0.25) is 9.59 Å². The third kappa shape index (κ3) is 3.58. The number of nitrogens with zero attached hydrogens (tertiary/aromatic N) is 1. The SMILES string of the molecule is O=C(CNC(=O)c1nc(Cl)ccc1Cl)NC1CC1. The lowest BCUT2D eigenvalue weighted by molar-refractivity contribution is -0.120. The molecule has 1 heterocycles. The van der Waals surface area contributed by atoms with Crippen LogP contribution >= 0.6 is 23.2 Å². The van der Waals surface area contributed by atoms with Gasteiger partial charge in [-0.2, -0.15) is 0 Å². The zero-order chi connectivity index (χ0) is 13.1. The van der Waals surface area contributed by atoms with E-state index in [9.17, 15) is 9.59 Å². The summed E-state index contributed by atoms with van der Waals surface area (Å²) in [6.07, 6.45) is 2.00. The fraction of sp³-hybridized carbons (Fsp3) is 0.364. The molecule has 5 nitrogen and oxygen atoms in total. The standard InChI is InChI=1S/C11H11Cl2N3O2/c12-7-3-4-8(13)16-10(7)11(18)14-5-9(17)15-6-1-2-6/h3-4,6H,1-2,5H2,(H,14,18)(H,15,17). The summed E-state index contributed by atoms with van der Waals surface area (Å²) < 4.78 is 0. The Morgan fingerprint density at radius 1 is 1.33 bits per heavy atom. The maximum absolute atomic E-state index is 11.7. The molecule has 0 spiro atoms. The quantitative estimate of drug-likeness (QED) is 0.823. The Morgan fingerprint density at radius 3 is 2.72 bits per heavy atom. The highest BCUT2D eigenvalue weighted by atomic mass is 35.5. The first-order valence-corrected chi connectivity index (χ1v) is 6.21. The van der Waals surface area contributed by atoms with Gasteiger partial charge in [0.2, 0.25) is 5.91 Å². The third-order valence-electron chi connectivity index (χ3n) is 2.38. The number of pyridine rings is 1. The maximum atomic E-state index is 11.7. The van der Waals surface area contributed by atoms with Gasteiger partial charge in [-0.05, 0) is 25.0 Å². The molecule has 0 aliphatic heterocycles. The van der Waals surface area contributed by atoms with Crippen LogP contribution in [0.1, 0.15) is 23.3 Å². The normalized spacial score (nSPS) is 14.1. The van der Waals surface area contributed by atoms with E-state index >= 15 is 0 Å². The molecule has 1 saturated carbocycles. The number of aromatic nitrogens is 1. The van der Waals surface area contributed by atoms with E-state index in [1.807, 2.05) is 0 Å². The van der Waals surface area contributed by atoms with Crippen LogP contribution in [0.25, 0.3) is 0 Å². The average molecular weight is 288 g/mol. The minimum Gasteiger partial charge on any atom is -0.352 e. The number of hydrogen-bond donors (Lipinski definition) is 2. The fourth-order valence-electron chi connectivity index (χ4n) is 1.33. The van der Waals surface area contributed by atoms with E-state index in [1.54, 1.807) is 0 Å². The van der Waals surface area contributed by atoms with Crippen molar-refractivity contribution in [2.24, 2.45) is 0 Å². The van der Waals surface area contributed by atoms with Crippen LogP contribution in [0.15, 0.2) is 12.1 Å². The van der Waals surface area contributed by atoms with Crippen molar-refractivity contribution in [3.63, 3.8) is 0 Å². The van der Waals surface area contributed by atoms with Crippen molar-refractivity contribution in [1.29, 1.82) is 0 Å². The number of halogens is 2. The number of hydrogen-bond acceptors (Lipinski definition) is 3. The van der Waals surface area contributed by atoms with Crippen molar-refractivity contribution in [3.05, 3.63) is 28.0 Å². The van der Waals surface area contributed by atoms with Crippen LogP contribution in [0.5, 0.6) is 0 Å². The summed E-state index contributed by atoms with van der Waals surface area (Å²) in [6.45, 7) is -0.0974. The van der Waals surface area contributed by atoms with Gasteiger partial charge in [0.1, 0.15) is 10.8 Å². The van der Waals surface area contributed by atoms with Gasteiger partial charge in [-0.1, -0.05) is 23.2 Å². The average Bonchev–Trinajstić information content (AvgIpc) is 3.13. The van der Waals surface area contributed by atoms with E-state index in [2.05, 4.69) is 15.6 Å². The van der Waals surface area contributed by atoms with Gasteiger partial charge in [0.05, 0.1) is 11.6 Å². The van der Waals surface area contributed by atoms with E-state index in [-0.39, 0.29) is 34.4 Å². The van der Waals surface area contributed by atoms with Gasteiger partial charge < -0.3 is 10.6 Å². The molecule has 0 unspecified atom stereocenters. The molecule has 2 rings (SSSR count). The summed E-state index contributed by atoms with van der Waals surface area (Å²) in [7, 11) is 0. The van der Waals surface area contributed by atoms with Gasteiger partial charge >= 0.3 is 0 Å². The lowest BCUT2D eigenvalue weighted by atomic mass is 10.3. The zero-order valence-corrected chi connectivity index (χ0v) is 10.9. The minimum atomic E-state index is -0.520. The molecule has 1 aromatic heterocycles. The predicted octanol–water partition coefficient (Wildman–Crippen LogP) is 1.40. The summed E-state index contributed by atoms with van der Waals surface area (Å²) in [5.41, 5.74) is 0.0170. The number of amides is 2. The van der Waals surface area contributed by atoms with Gasteiger partial charge in [-0.25, -0.2) is 4.98 Å². The van der Waals surface area contributed by atoms with Crippen LogP contribution in [-0.4, -0.2) is 29.4 Å². The van der Waals surface area contributed by atoms with Gasteiger partial charge in [0, 0.05) is 6.04 Å². The smallest absolute Gasteiger partial charge is 0.271 e. The number of carbonyl (C=O) groups excluding carboxylic acids is 2. The topological polar surface area (TPSA) is 71.1 Å². The highest BCUT2D eigenvalue weighted by molar-refractivity contribution is 6.34. The molecular weight excluding hydrogens is 277 g/mol. The molecule has 1 aliphatic rings. The Balaban J connectivity index is 1.90. The molecular formula is C11H11Cl2N3O2. The molecule has 18 heavy (non-hydrogen) atoms. The Labute approximate surface area is 114 Å². The molecule has 96 valence electrons. The summed E-state index contributed by atoms with van der Waals surface area (Å²) in [5, 5.41) is 5.56. The van der Waals surface area contributed by atoms with E-state index < -0.39 is 5.91 Å². The predicted molar refractivity (Wildman–Crippen MR) is 67.8 cm³/mol. The minimum absolute atomic E-state index is 0.0170. The van der Waals surface area contributed by atoms with Crippen LogP contribution in [-0.2, 0) is 4.79 Å². The van der Waals surface area contributed by atoms with E-state index in [0.717, 1.165) is 12.8 Å². The Hall–Kier alpha value is -1.33. The van der Waals surface area contributed by atoms with Crippen molar-refractivity contribution in [3.8, 4) is 0 Å². The van der Waals surface area contributed by atoms with Crippen LogP contribution in [0, 0.1) is 0 Å². The molecule has 1 aromatic rings. The van der Waals surface area contributed by atoms with Crippen molar-refractivity contribution in [2.75, 3.05) is 6.54 Å². The molecule has 0 atom stereocenters. The molecule has 0 saturated heterocycles. The van der Waals surface area contributed by atoms with E-state index in [4.69, 9.17) is 23.2 Å². The van der Waals surface area contributed by atoms with Crippen molar-refractivity contribution < 1.29 is 9.59 Å². The Morgan fingerprint density at radius 2 is 2.06 bits per heavy atom. The van der Waals surface area contributed by atoms with E-state index in [0.29, 0.717) is 0 Å². The summed E-state index contributed by atoms with van der Waals surface area (Å²) in [4.78, 5) is 26.9. The first kappa shape index (κ1) is 13.1. The Kier molecular flexibility index (Phi) is 4.04. The zero-order valence-electron chi connectivity index (χ0n) is 9.37. The summed E-state index contributed by atoms with van der Waals surface area (Å²) in [5.74, 6) is -0.738. The van der Waals surface area contributed by atoms with Crippen LogP contribution in [0.2, 0.25) is 10.2 Å². The molecule has 0 radical (unpaired) electrons. The molecule has 0 aromatic carbocycles. The lowest BCUT2D eigenvalue weighted by Crippen LogP contribution is -2.38.